The van der Waals surface area contributed by atoms with Gasteiger partial charge in [0.15, 0.2) is 5.78 Å². The highest BCUT2D eigenvalue weighted by atomic mass is 16.1. The summed E-state index contributed by atoms with van der Waals surface area (Å²) in [6, 6.07) is 13.6. The lowest BCUT2D eigenvalue weighted by Gasteiger charge is -2.06. The standard InChI is InChI=1S/C15H12N2O/c1-10(18)12-4-2-3-5-13(12)11-6-7-14-15(8-11)17-9-16-14/h2-9H,1H3,(H,16,17). The van der Waals surface area contributed by atoms with Crippen molar-refractivity contribution < 1.29 is 4.79 Å². The van der Waals surface area contributed by atoms with Crippen molar-refractivity contribution in [3.05, 3.63) is 54.4 Å². The van der Waals surface area contributed by atoms with Crippen LogP contribution in [0.1, 0.15) is 17.3 Å². The topological polar surface area (TPSA) is 45.8 Å². The van der Waals surface area contributed by atoms with E-state index in [1.165, 1.54) is 0 Å². The van der Waals surface area contributed by atoms with Crippen molar-refractivity contribution in [3.8, 4) is 11.1 Å². The Morgan fingerprint density at radius 2 is 2.00 bits per heavy atom. The van der Waals surface area contributed by atoms with E-state index in [1.54, 1.807) is 13.3 Å². The van der Waals surface area contributed by atoms with Crippen LogP contribution in [0.5, 0.6) is 0 Å². The van der Waals surface area contributed by atoms with Crippen LogP contribution >= 0.6 is 0 Å². The number of nitrogens with zero attached hydrogens (tertiary/aromatic N) is 1. The van der Waals surface area contributed by atoms with Crippen LogP contribution in [0, 0.1) is 0 Å². The van der Waals surface area contributed by atoms with E-state index in [-0.39, 0.29) is 5.78 Å². The molecule has 0 unspecified atom stereocenters. The molecule has 0 amide bonds. The van der Waals surface area contributed by atoms with Gasteiger partial charge in [0.05, 0.1) is 17.4 Å². The van der Waals surface area contributed by atoms with Crippen molar-refractivity contribution in [3.63, 3.8) is 0 Å². The Morgan fingerprint density at radius 1 is 1.17 bits per heavy atom. The predicted molar refractivity (Wildman–Crippen MR) is 71.5 cm³/mol. The highest BCUT2D eigenvalue weighted by Gasteiger charge is 2.09. The molecule has 0 saturated heterocycles. The molecule has 0 saturated carbocycles. The summed E-state index contributed by atoms with van der Waals surface area (Å²) in [5.74, 6) is 0.0766. The molecule has 0 radical (unpaired) electrons. The van der Waals surface area contributed by atoms with Crippen LogP contribution in [0.15, 0.2) is 48.8 Å². The quantitative estimate of drug-likeness (QED) is 0.693. The zero-order valence-corrected chi connectivity index (χ0v) is 9.97. The van der Waals surface area contributed by atoms with Gasteiger partial charge in [0.25, 0.3) is 0 Å². The summed E-state index contributed by atoms with van der Waals surface area (Å²) >= 11 is 0. The van der Waals surface area contributed by atoms with Crippen LogP contribution in [0.25, 0.3) is 22.2 Å². The Bertz CT molecular complexity index is 728. The fourth-order valence-corrected chi connectivity index (χ4v) is 2.14. The van der Waals surface area contributed by atoms with Crippen LogP contribution in [-0.2, 0) is 0 Å². The highest BCUT2D eigenvalue weighted by Crippen LogP contribution is 2.26. The van der Waals surface area contributed by atoms with Crippen molar-refractivity contribution >= 4 is 16.8 Å². The van der Waals surface area contributed by atoms with Gasteiger partial charge in [-0.1, -0.05) is 30.3 Å². The Hall–Kier alpha value is -2.42. The number of benzene rings is 2. The largest absolute Gasteiger partial charge is 0.345 e. The molecule has 88 valence electrons. The van der Waals surface area contributed by atoms with Gasteiger partial charge in [0, 0.05) is 5.56 Å². The molecule has 3 heteroatoms. The first-order chi connectivity index (χ1) is 8.75. The number of imidazole rings is 1. The van der Waals surface area contributed by atoms with Gasteiger partial charge in [0.1, 0.15) is 0 Å². The summed E-state index contributed by atoms with van der Waals surface area (Å²) in [4.78, 5) is 18.9. The van der Waals surface area contributed by atoms with Crippen molar-refractivity contribution in [2.75, 3.05) is 0 Å². The maximum absolute atomic E-state index is 11.6. The summed E-state index contributed by atoms with van der Waals surface area (Å²) in [6.07, 6.45) is 1.67. The Labute approximate surface area is 104 Å². The van der Waals surface area contributed by atoms with Gasteiger partial charge in [0.2, 0.25) is 0 Å². The predicted octanol–water partition coefficient (Wildman–Crippen LogP) is 3.43. The normalized spacial score (nSPS) is 10.7. The lowest BCUT2D eigenvalue weighted by Crippen LogP contribution is -1.95. The van der Waals surface area contributed by atoms with Gasteiger partial charge in [-0.15, -0.1) is 0 Å². The number of carbonyl (C=O) groups is 1. The fourth-order valence-electron chi connectivity index (χ4n) is 2.14. The molecule has 1 N–H and O–H groups in total. The number of carbonyl (C=O) groups excluding carboxylic acids is 1. The molecule has 3 nitrogen and oxygen atoms in total. The number of hydrogen-bond acceptors (Lipinski definition) is 2. The molecule has 18 heavy (non-hydrogen) atoms. The van der Waals surface area contributed by atoms with Crippen LogP contribution < -0.4 is 0 Å². The summed E-state index contributed by atoms with van der Waals surface area (Å²) in [6.45, 7) is 1.59. The molecule has 0 aliphatic rings. The number of aromatic amines is 1. The first kappa shape index (κ1) is 10.7. The smallest absolute Gasteiger partial charge is 0.160 e. The van der Waals surface area contributed by atoms with Crippen LogP contribution in [0.4, 0.5) is 0 Å². The fraction of sp³-hybridized carbons (Fsp3) is 0.0667. The summed E-state index contributed by atoms with van der Waals surface area (Å²) in [5.41, 5.74) is 4.62. The summed E-state index contributed by atoms with van der Waals surface area (Å²) in [7, 11) is 0. The van der Waals surface area contributed by atoms with Crippen molar-refractivity contribution in [2.24, 2.45) is 0 Å². The van der Waals surface area contributed by atoms with Gasteiger partial charge in [-0.2, -0.15) is 0 Å². The van der Waals surface area contributed by atoms with E-state index in [0.717, 1.165) is 27.7 Å². The second kappa shape index (κ2) is 4.11. The number of rotatable bonds is 2. The van der Waals surface area contributed by atoms with Gasteiger partial charge in [-0.05, 0) is 30.2 Å². The van der Waals surface area contributed by atoms with E-state index < -0.39 is 0 Å². The number of nitrogens with one attached hydrogen (secondary N) is 1. The molecular formula is C15H12N2O. The van der Waals surface area contributed by atoms with Gasteiger partial charge in [-0.25, -0.2) is 4.98 Å². The molecule has 2 aromatic carbocycles. The third kappa shape index (κ3) is 1.70. The van der Waals surface area contributed by atoms with E-state index in [0.29, 0.717) is 0 Å². The number of hydrogen-bond donors (Lipinski definition) is 1. The molecular weight excluding hydrogens is 224 g/mol. The summed E-state index contributed by atoms with van der Waals surface area (Å²) in [5, 5.41) is 0. The Kier molecular flexibility index (Phi) is 2.45. The van der Waals surface area contributed by atoms with Crippen LogP contribution in [0.3, 0.4) is 0 Å². The monoisotopic (exact) mass is 236 g/mol. The van der Waals surface area contributed by atoms with Crippen LogP contribution in [-0.4, -0.2) is 15.8 Å². The Balaban J connectivity index is 2.22. The minimum Gasteiger partial charge on any atom is -0.345 e. The molecule has 3 rings (SSSR count). The van der Waals surface area contributed by atoms with Gasteiger partial charge < -0.3 is 4.98 Å². The van der Waals surface area contributed by atoms with Crippen molar-refractivity contribution in [2.45, 2.75) is 6.92 Å². The molecule has 0 aliphatic carbocycles. The van der Waals surface area contributed by atoms with E-state index >= 15 is 0 Å². The number of H-pyrrole nitrogens is 1. The van der Waals surface area contributed by atoms with E-state index in [9.17, 15) is 4.79 Å². The zero-order valence-electron chi connectivity index (χ0n) is 9.97. The lowest BCUT2D eigenvalue weighted by molar-refractivity contribution is 0.101. The molecule has 0 aliphatic heterocycles. The second-order valence-electron chi connectivity index (χ2n) is 4.24. The number of Topliss-reactive ketones (excluding diaryl/α,β-unsaturated/α-hetero) is 1. The highest BCUT2D eigenvalue weighted by molar-refractivity contribution is 6.01. The molecule has 0 atom stereocenters. The minimum atomic E-state index is 0.0766. The number of fused-ring (bicyclic) bond motifs is 1. The number of aromatic nitrogens is 2. The molecule has 0 bridgehead atoms. The third-order valence-corrected chi connectivity index (χ3v) is 3.04. The second-order valence-corrected chi connectivity index (χ2v) is 4.24. The van der Waals surface area contributed by atoms with E-state index in [2.05, 4.69) is 9.97 Å². The average molecular weight is 236 g/mol. The maximum Gasteiger partial charge on any atom is 0.160 e. The van der Waals surface area contributed by atoms with E-state index in [1.807, 2.05) is 42.5 Å². The first-order valence-electron chi connectivity index (χ1n) is 5.79. The SMILES string of the molecule is CC(=O)c1ccccc1-c1ccc2[nH]cnc2c1. The minimum absolute atomic E-state index is 0.0766. The maximum atomic E-state index is 11.6. The van der Waals surface area contributed by atoms with Crippen LogP contribution in [0.2, 0.25) is 0 Å². The molecule has 0 fully saturated rings. The average Bonchev–Trinajstić information content (AvgIpc) is 2.85. The summed E-state index contributed by atoms with van der Waals surface area (Å²) < 4.78 is 0. The molecule has 1 heterocycles. The molecule has 1 aromatic heterocycles. The van der Waals surface area contributed by atoms with Gasteiger partial charge in [-0.3, -0.25) is 4.79 Å². The molecule has 3 aromatic rings. The zero-order chi connectivity index (χ0) is 12.5. The van der Waals surface area contributed by atoms with Gasteiger partial charge >= 0.3 is 0 Å². The van der Waals surface area contributed by atoms with Crippen molar-refractivity contribution in [1.82, 2.24) is 9.97 Å². The molecule has 0 spiro atoms. The third-order valence-electron chi connectivity index (χ3n) is 3.04. The van der Waals surface area contributed by atoms with Crippen molar-refractivity contribution in [1.29, 1.82) is 0 Å². The lowest BCUT2D eigenvalue weighted by atomic mass is 9.97. The van der Waals surface area contributed by atoms with E-state index in [4.69, 9.17) is 0 Å². The Morgan fingerprint density at radius 3 is 2.83 bits per heavy atom. The number of ketones is 1. The first-order valence-corrected chi connectivity index (χ1v) is 5.79.